The highest BCUT2D eigenvalue weighted by Gasteiger charge is 2.41. The first-order valence-electron chi connectivity index (χ1n) is 6.49. The van der Waals surface area contributed by atoms with Crippen LogP contribution in [0.1, 0.15) is 66.7 Å². The number of aliphatic hydroxyl groups is 1. The maximum atomic E-state index is 10.7. The van der Waals surface area contributed by atoms with Crippen LogP contribution in [0.2, 0.25) is 0 Å². The van der Waals surface area contributed by atoms with Gasteiger partial charge in [0.1, 0.15) is 0 Å². The van der Waals surface area contributed by atoms with E-state index >= 15 is 0 Å². The quantitative estimate of drug-likeness (QED) is 0.651. The van der Waals surface area contributed by atoms with Gasteiger partial charge in [-0.2, -0.15) is 0 Å². The minimum Gasteiger partial charge on any atom is -0.389 e. The molecule has 0 bridgehead atoms. The summed E-state index contributed by atoms with van der Waals surface area (Å²) >= 11 is 0. The van der Waals surface area contributed by atoms with Crippen LogP contribution in [-0.4, -0.2) is 10.7 Å². The molecule has 0 radical (unpaired) electrons. The molecule has 90 valence electrons. The van der Waals surface area contributed by atoms with Gasteiger partial charge in [0, 0.05) is 0 Å². The summed E-state index contributed by atoms with van der Waals surface area (Å²) in [5.74, 6) is 1.59. The highest BCUT2D eigenvalue weighted by Crippen LogP contribution is 2.43. The van der Waals surface area contributed by atoms with Crippen molar-refractivity contribution < 1.29 is 5.11 Å². The Morgan fingerprint density at radius 2 is 1.73 bits per heavy atom. The molecule has 1 heteroatoms. The molecular weight excluding hydrogens is 184 g/mol. The minimum absolute atomic E-state index is 0.0267. The summed E-state index contributed by atoms with van der Waals surface area (Å²) in [5, 5.41) is 10.7. The van der Waals surface area contributed by atoms with Crippen LogP contribution in [0.4, 0.5) is 0 Å². The van der Waals surface area contributed by atoms with E-state index in [0.29, 0.717) is 0 Å². The molecule has 1 fully saturated rings. The molecule has 2 unspecified atom stereocenters. The third-order valence-electron chi connectivity index (χ3n) is 4.43. The lowest BCUT2D eigenvalue weighted by atomic mass is 9.72. The second-order valence-electron chi connectivity index (χ2n) is 6.72. The first kappa shape index (κ1) is 13.0. The van der Waals surface area contributed by atoms with Crippen molar-refractivity contribution in [3.63, 3.8) is 0 Å². The van der Waals surface area contributed by atoms with Crippen molar-refractivity contribution in [2.24, 2.45) is 17.3 Å². The Hall–Kier alpha value is -0.0400. The van der Waals surface area contributed by atoms with Gasteiger partial charge in [-0.15, -0.1) is 0 Å². The van der Waals surface area contributed by atoms with Crippen LogP contribution >= 0.6 is 0 Å². The zero-order valence-electron chi connectivity index (χ0n) is 11.1. The monoisotopic (exact) mass is 212 g/mol. The first-order chi connectivity index (χ1) is 6.76. The first-order valence-corrected chi connectivity index (χ1v) is 6.49. The average Bonchev–Trinajstić information content (AvgIpc) is 2.26. The van der Waals surface area contributed by atoms with E-state index in [1.807, 2.05) is 0 Å². The van der Waals surface area contributed by atoms with Gasteiger partial charge in [-0.25, -0.2) is 0 Å². The van der Waals surface area contributed by atoms with E-state index in [9.17, 15) is 5.11 Å². The van der Waals surface area contributed by atoms with Gasteiger partial charge in [-0.3, -0.25) is 0 Å². The Labute approximate surface area is 95.3 Å². The van der Waals surface area contributed by atoms with Gasteiger partial charge in [0.2, 0.25) is 0 Å². The van der Waals surface area contributed by atoms with Crippen molar-refractivity contribution in [3.05, 3.63) is 0 Å². The Bertz CT molecular complexity index is 202. The molecular formula is C14H28O. The lowest BCUT2D eigenvalue weighted by Crippen LogP contribution is -2.42. The van der Waals surface area contributed by atoms with Crippen molar-refractivity contribution in [1.82, 2.24) is 0 Å². The van der Waals surface area contributed by atoms with Crippen molar-refractivity contribution in [2.75, 3.05) is 0 Å². The van der Waals surface area contributed by atoms with Gasteiger partial charge in [0.05, 0.1) is 5.60 Å². The van der Waals surface area contributed by atoms with E-state index in [1.165, 1.54) is 19.3 Å². The highest BCUT2D eigenvalue weighted by atomic mass is 16.3. The molecule has 0 heterocycles. The van der Waals surface area contributed by atoms with E-state index < -0.39 is 5.60 Å². The standard InChI is InChI=1S/C14H28O/c1-11(2)12-7-6-9-14(15,10-8-12)13(3,4)5/h11-12,15H,6-10H2,1-5H3. The molecule has 15 heavy (non-hydrogen) atoms. The molecule has 1 aliphatic rings. The molecule has 0 aromatic heterocycles. The van der Waals surface area contributed by atoms with Gasteiger partial charge >= 0.3 is 0 Å². The van der Waals surface area contributed by atoms with Crippen LogP contribution < -0.4 is 0 Å². The molecule has 0 aliphatic heterocycles. The topological polar surface area (TPSA) is 20.2 Å². The van der Waals surface area contributed by atoms with E-state index in [0.717, 1.165) is 24.7 Å². The molecule has 0 aromatic carbocycles. The van der Waals surface area contributed by atoms with Crippen LogP contribution in [0.25, 0.3) is 0 Å². The largest absolute Gasteiger partial charge is 0.389 e. The Kier molecular flexibility index (Phi) is 3.86. The second kappa shape index (κ2) is 4.45. The summed E-state index contributed by atoms with van der Waals surface area (Å²) < 4.78 is 0. The van der Waals surface area contributed by atoms with E-state index in [1.54, 1.807) is 0 Å². The number of hydrogen-bond acceptors (Lipinski definition) is 1. The van der Waals surface area contributed by atoms with Gasteiger partial charge in [-0.05, 0) is 36.5 Å². The van der Waals surface area contributed by atoms with Crippen molar-refractivity contribution >= 4 is 0 Å². The lowest BCUT2D eigenvalue weighted by molar-refractivity contribution is -0.0703. The van der Waals surface area contributed by atoms with E-state index in [-0.39, 0.29) is 5.41 Å². The second-order valence-corrected chi connectivity index (χ2v) is 6.72. The summed E-state index contributed by atoms with van der Waals surface area (Å²) in [5.41, 5.74) is -0.407. The Morgan fingerprint density at radius 3 is 2.20 bits per heavy atom. The predicted molar refractivity (Wildman–Crippen MR) is 65.8 cm³/mol. The number of rotatable bonds is 1. The minimum atomic E-state index is -0.434. The molecule has 0 saturated heterocycles. The van der Waals surface area contributed by atoms with Crippen LogP contribution in [0, 0.1) is 17.3 Å². The van der Waals surface area contributed by atoms with Crippen molar-refractivity contribution in [3.8, 4) is 0 Å². The lowest BCUT2D eigenvalue weighted by Gasteiger charge is -2.40. The van der Waals surface area contributed by atoms with Crippen molar-refractivity contribution in [1.29, 1.82) is 0 Å². The normalized spacial score (nSPS) is 34.2. The maximum Gasteiger partial charge on any atom is 0.0695 e. The van der Waals surface area contributed by atoms with Gasteiger partial charge in [0.25, 0.3) is 0 Å². The number of hydrogen-bond donors (Lipinski definition) is 1. The van der Waals surface area contributed by atoms with Gasteiger partial charge in [0.15, 0.2) is 0 Å². The molecule has 0 aromatic rings. The fourth-order valence-electron chi connectivity index (χ4n) is 2.77. The molecule has 1 nitrogen and oxygen atoms in total. The maximum absolute atomic E-state index is 10.7. The Morgan fingerprint density at radius 1 is 1.13 bits per heavy atom. The van der Waals surface area contributed by atoms with Gasteiger partial charge in [-0.1, -0.05) is 47.5 Å². The summed E-state index contributed by atoms with van der Waals surface area (Å²) in [6.45, 7) is 11.1. The zero-order valence-corrected chi connectivity index (χ0v) is 11.1. The molecule has 0 amide bonds. The van der Waals surface area contributed by atoms with E-state index in [4.69, 9.17) is 0 Å². The van der Waals surface area contributed by atoms with Gasteiger partial charge < -0.3 is 5.11 Å². The molecule has 1 aliphatic carbocycles. The molecule has 1 saturated carbocycles. The van der Waals surface area contributed by atoms with Crippen LogP contribution in [0.3, 0.4) is 0 Å². The predicted octanol–water partition coefficient (Wildman–Crippen LogP) is 4.00. The fraction of sp³-hybridized carbons (Fsp3) is 1.00. The van der Waals surface area contributed by atoms with Crippen LogP contribution in [0.5, 0.6) is 0 Å². The summed E-state index contributed by atoms with van der Waals surface area (Å²) in [6.07, 6.45) is 5.66. The summed E-state index contributed by atoms with van der Waals surface area (Å²) in [4.78, 5) is 0. The van der Waals surface area contributed by atoms with Crippen molar-refractivity contribution in [2.45, 2.75) is 72.3 Å². The summed E-state index contributed by atoms with van der Waals surface area (Å²) in [7, 11) is 0. The molecule has 2 atom stereocenters. The van der Waals surface area contributed by atoms with E-state index in [2.05, 4.69) is 34.6 Å². The SMILES string of the molecule is CC(C)C1CCCC(O)(C(C)(C)C)CC1. The highest BCUT2D eigenvalue weighted by molar-refractivity contribution is 4.93. The Balaban J connectivity index is 2.67. The summed E-state index contributed by atoms with van der Waals surface area (Å²) in [6, 6.07) is 0. The smallest absolute Gasteiger partial charge is 0.0695 e. The fourth-order valence-corrected chi connectivity index (χ4v) is 2.77. The zero-order chi connectivity index (χ0) is 11.7. The molecule has 1 rings (SSSR count). The molecule has 1 N–H and O–H groups in total. The third-order valence-corrected chi connectivity index (χ3v) is 4.43. The van der Waals surface area contributed by atoms with Crippen LogP contribution in [-0.2, 0) is 0 Å². The van der Waals surface area contributed by atoms with Crippen LogP contribution in [0.15, 0.2) is 0 Å². The third kappa shape index (κ3) is 2.96. The molecule has 0 spiro atoms. The average molecular weight is 212 g/mol.